The van der Waals surface area contributed by atoms with E-state index in [1.165, 1.54) is 20.2 Å². The molecular weight excluding hydrogens is 430 g/mol. The van der Waals surface area contributed by atoms with E-state index in [-0.39, 0.29) is 17.3 Å². The lowest BCUT2D eigenvalue weighted by molar-refractivity contribution is -0.117. The lowest BCUT2D eigenvalue weighted by atomic mass is 10.1. The number of rotatable bonds is 10. The molecule has 32 heavy (non-hydrogen) atoms. The minimum absolute atomic E-state index is 0.183. The zero-order valence-electron chi connectivity index (χ0n) is 19.2. The Labute approximate surface area is 190 Å². The van der Waals surface area contributed by atoms with E-state index in [2.05, 4.69) is 10.2 Å². The van der Waals surface area contributed by atoms with Gasteiger partial charge in [-0.05, 0) is 43.5 Å². The number of sulfonamides is 1. The van der Waals surface area contributed by atoms with E-state index in [4.69, 9.17) is 9.47 Å². The fraction of sp³-hybridized carbons (Fsp3) is 0.435. The van der Waals surface area contributed by atoms with Crippen LogP contribution < -0.4 is 14.8 Å². The predicted molar refractivity (Wildman–Crippen MR) is 124 cm³/mol. The second-order valence-corrected chi connectivity index (χ2v) is 10.3. The van der Waals surface area contributed by atoms with Crippen LogP contribution in [0, 0.1) is 6.92 Å². The number of carbonyl (C=O) groups excluding carboxylic acids is 1. The molecule has 1 aliphatic carbocycles. The smallest absolute Gasteiger partial charge is 0.242 e. The van der Waals surface area contributed by atoms with E-state index in [9.17, 15) is 13.2 Å². The van der Waals surface area contributed by atoms with Crippen LogP contribution in [0.5, 0.6) is 11.5 Å². The molecule has 0 heterocycles. The Balaban J connectivity index is 1.73. The van der Waals surface area contributed by atoms with Gasteiger partial charge < -0.3 is 14.8 Å². The lowest BCUT2D eigenvalue weighted by Gasteiger charge is -2.23. The van der Waals surface area contributed by atoms with Crippen molar-refractivity contribution in [3.8, 4) is 11.5 Å². The van der Waals surface area contributed by atoms with Gasteiger partial charge in [0, 0.05) is 44.0 Å². The molecule has 1 saturated carbocycles. The number of hydrogen-bond donors (Lipinski definition) is 1. The van der Waals surface area contributed by atoms with Gasteiger partial charge in [-0.3, -0.25) is 9.69 Å². The number of ether oxygens (including phenoxy) is 2. The van der Waals surface area contributed by atoms with Crippen LogP contribution in [0.15, 0.2) is 41.3 Å². The number of hydrogen-bond acceptors (Lipinski definition) is 6. The Kier molecular flexibility index (Phi) is 7.43. The van der Waals surface area contributed by atoms with Crippen molar-refractivity contribution < 1.29 is 22.7 Å². The Bertz CT molecular complexity index is 1080. The zero-order valence-corrected chi connectivity index (χ0v) is 20.0. The third-order valence-electron chi connectivity index (χ3n) is 5.51. The summed E-state index contributed by atoms with van der Waals surface area (Å²) in [5.74, 6) is 1.23. The molecule has 174 valence electrons. The maximum absolute atomic E-state index is 12.8. The van der Waals surface area contributed by atoms with E-state index >= 15 is 0 Å². The molecule has 2 aromatic carbocycles. The van der Waals surface area contributed by atoms with Gasteiger partial charge in [0.25, 0.3) is 0 Å². The SMILES string of the molecule is COc1ccc(CN(CC(=O)Nc2ccc(C)c(S(=O)(=O)N(C)C)c2)C2CC2)c(OC)c1. The number of carbonyl (C=O) groups is 1. The highest BCUT2D eigenvalue weighted by molar-refractivity contribution is 7.89. The predicted octanol–water partition coefficient (Wildman–Crippen LogP) is 2.87. The average molecular weight is 462 g/mol. The average Bonchev–Trinajstić information content (AvgIpc) is 3.60. The fourth-order valence-electron chi connectivity index (χ4n) is 3.49. The molecule has 0 spiro atoms. The summed E-state index contributed by atoms with van der Waals surface area (Å²) in [5.41, 5.74) is 2.06. The molecule has 1 N–H and O–H groups in total. The van der Waals surface area contributed by atoms with Gasteiger partial charge in [0.2, 0.25) is 15.9 Å². The van der Waals surface area contributed by atoms with E-state index < -0.39 is 10.0 Å². The number of nitrogens with one attached hydrogen (secondary N) is 1. The van der Waals surface area contributed by atoms with Crippen LogP contribution >= 0.6 is 0 Å². The third-order valence-corrected chi connectivity index (χ3v) is 7.47. The molecule has 1 aliphatic rings. The summed E-state index contributed by atoms with van der Waals surface area (Å²) in [7, 11) is 2.60. The number of benzene rings is 2. The van der Waals surface area contributed by atoms with Crippen LogP contribution in [0.1, 0.15) is 24.0 Å². The lowest BCUT2D eigenvalue weighted by Crippen LogP contribution is -2.34. The molecule has 8 nitrogen and oxygen atoms in total. The standard InChI is InChI=1S/C23H31N3O5S/c1-16-6-8-18(12-22(16)32(28,29)25(2)3)24-23(27)15-26(19-9-10-19)14-17-7-11-20(30-4)13-21(17)31-5/h6-8,11-13,19H,9-10,14-15H2,1-5H3,(H,24,27). The first-order valence-electron chi connectivity index (χ1n) is 10.4. The van der Waals surface area contributed by atoms with Gasteiger partial charge in [-0.25, -0.2) is 12.7 Å². The largest absolute Gasteiger partial charge is 0.497 e. The second-order valence-electron chi connectivity index (χ2n) is 8.13. The van der Waals surface area contributed by atoms with Crippen LogP contribution in [-0.4, -0.2) is 64.4 Å². The molecule has 0 atom stereocenters. The minimum Gasteiger partial charge on any atom is -0.497 e. The number of aryl methyl sites for hydroxylation is 1. The van der Waals surface area contributed by atoms with Gasteiger partial charge in [-0.1, -0.05) is 12.1 Å². The van der Waals surface area contributed by atoms with Gasteiger partial charge in [-0.15, -0.1) is 0 Å². The van der Waals surface area contributed by atoms with E-state index in [1.54, 1.807) is 33.3 Å². The molecule has 0 saturated heterocycles. The maximum Gasteiger partial charge on any atom is 0.242 e. The first kappa shape index (κ1) is 24.0. The first-order valence-corrected chi connectivity index (χ1v) is 11.9. The fourth-order valence-corrected chi connectivity index (χ4v) is 4.64. The highest BCUT2D eigenvalue weighted by Crippen LogP contribution is 2.32. The summed E-state index contributed by atoms with van der Waals surface area (Å²) < 4.78 is 37.0. The number of anilines is 1. The Morgan fingerprint density at radius 1 is 1.09 bits per heavy atom. The number of nitrogens with zero attached hydrogens (tertiary/aromatic N) is 2. The zero-order chi connectivity index (χ0) is 23.5. The molecule has 0 aliphatic heterocycles. The Morgan fingerprint density at radius 3 is 2.41 bits per heavy atom. The van der Waals surface area contributed by atoms with Crippen molar-refractivity contribution in [2.45, 2.75) is 37.2 Å². The van der Waals surface area contributed by atoms with Crippen molar-refractivity contribution in [3.05, 3.63) is 47.5 Å². The van der Waals surface area contributed by atoms with Gasteiger partial charge in [0.1, 0.15) is 11.5 Å². The number of amides is 1. The van der Waals surface area contributed by atoms with Crippen molar-refractivity contribution in [2.75, 3.05) is 40.2 Å². The molecular formula is C23H31N3O5S. The van der Waals surface area contributed by atoms with Crippen molar-refractivity contribution >= 4 is 21.6 Å². The van der Waals surface area contributed by atoms with Crippen LogP contribution in [0.3, 0.4) is 0 Å². The molecule has 9 heteroatoms. The van der Waals surface area contributed by atoms with Crippen LogP contribution in [-0.2, 0) is 21.4 Å². The summed E-state index contributed by atoms with van der Waals surface area (Å²) in [6.07, 6.45) is 2.09. The molecule has 3 rings (SSSR count). The third kappa shape index (κ3) is 5.59. The summed E-state index contributed by atoms with van der Waals surface area (Å²) in [6, 6.07) is 10.9. The molecule has 0 radical (unpaired) electrons. The highest BCUT2D eigenvalue weighted by Gasteiger charge is 2.31. The monoisotopic (exact) mass is 461 g/mol. The van der Waals surface area contributed by atoms with Gasteiger partial charge in [-0.2, -0.15) is 0 Å². The summed E-state index contributed by atoms with van der Waals surface area (Å²) in [6.45, 7) is 2.50. The van der Waals surface area contributed by atoms with Crippen molar-refractivity contribution in [2.24, 2.45) is 0 Å². The van der Waals surface area contributed by atoms with Crippen molar-refractivity contribution in [1.82, 2.24) is 9.21 Å². The van der Waals surface area contributed by atoms with Crippen LogP contribution in [0.2, 0.25) is 0 Å². The molecule has 0 aromatic heterocycles. The highest BCUT2D eigenvalue weighted by atomic mass is 32.2. The quantitative estimate of drug-likeness (QED) is 0.585. The van der Waals surface area contributed by atoms with E-state index in [0.29, 0.717) is 35.3 Å². The van der Waals surface area contributed by atoms with Crippen LogP contribution in [0.4, 0.5) is 5.69 Å². The van der Waals surface area contributed by atoms with Gasteiger partial charge in [0.05, 0.1) is 25.7 Å². The normalized spacial score (nSPS) is 14.0. The van der Waals surface area contributed by atoms with Crippen LogP contribution in [0.25, 0.3) is 0 Å². The molecule has 1 amide bonds. The minimum atomic E-state index is -3.60. The summed E-state index contributed by atoms with van der Waals surface area (Å²) in [4.78, 5) is 15.1. The van der Waals surface area contributed by atoms with Gasteiger partial charge >= 0.3 is 0 Å². The van der Waals surface area contributed by atoms with E-state index in [0.717, 1.165) is 22.7 Å². The molecule has 0 unspecified atom stereocenters. The number of methoxy groups -OCH3 is 2. The Hall–Kier alpha value is -2.62. The first-order chi connectivity index (χ1) is 15.1. The topological polar surface area (TPSA) is 88.2 Å². The van der Waals surface area contributed by atoms with Crippen molar-refractivity contribution in [3.63, 3.8) is 0 Å². The summed E-state index contributed by atoms with van der Waals surface area (Å²) in [5, 5.41) is 2.85. The second kappa shape index (κ2) is 9.89. The molecule has 1 fully saturated rings. The molecule has 2 aromatic rings. The summed E-state index contributed by atoms with van der Waals surface area (Å²) >= 11 is 0. The molecule has 0 bridgehead atoms. The van der Waals surface area contributed by atoms with Gasteiger partial charge in [0.15, 0.2) is 0 Å². The van der Waals surface area contributed by atoms with E-state index in [1.807, 2.05) is 18.2 Å². The maximum atomic E-state index is 12.8. The Morgan fingerprint density at radius 2 is 1.81 bits per heavy atom. The van der Waals surface area contributed by atoms with Crippen molar-refractivity contribution in [1.29, 1.82) is 0 Å².